The summed E-state index contributed by atoms with van der Waals surface area (Å²) in [5.41, 5.74) is 10.7. The van der Waals surface area contributed by atoms with Gasteiger partial charge in [0.05, 0.1) is 0 Å². The molecular formula is C8H16N2O. The molecule has 0 bridgehead atoms. The van der Waals surface area contributed by atoms with Crippen molar-refractivity contribution < 1.29 is 4.79 Å². The SMILES string of the molecule is NC[C@H]1CC[C@@H](C(N)=O)CC1. The first kappa shape index (κ1) is 8.53. The van der Waals surface area contributed by atoms with Gasteiger partial charge in [-0.15, -0.1) is 0 Å². The average molecular weight is 156 g/mol. The molecule has 0 atom stereocenters. The summed E-state index contributed by atoms with van der Waals surface area (Å²) in [6.45, 7) is 0.755. The van der Waals surface area contributed by atoms with Crippen LogP contribution in [0.15, 0.2) is 0 Å². The van der Waals surface area contributed by atoms with Crippen molar-refractivity contribution in [1.82, 2.24) is 0 Å². The van der Waals surface area contributed by atoms with E-state index in [4.69, 9.17) is 11.5 Å². The number of hydrogen-bond acceptors (Lipinski definition) is 2. The van der Waals surface area contributed by atoms with Crippen LogP contribution in [-0.4, -0.2) is 12.5 Å². The maximum atomic E-state index is 10.7. The molecule has 3 nitrogen and oxygen atoms in total. The van der Waals surface area contributed by atoms with E-state index in [-0.39, 0.29) is 11.8 Å². The molecule has 1 aliphatic carbocycles. The van der Waals surface area contributed by atoms with Gasteiger partial charge in [0.15, 0.2) is 0 Å². The normalized spacial score (nSPS) is 31.7. The number of rotatable bonds is 2. The first-order valence-corrected chi connectivity index (χ1v) is 4.23. The van der Waals surface area contributed by atoms with E-state index in [1.54, 1.807) is 0 Å². The quantitative estimate of drug-likeness (QED) is 0.601. The highest BCUT2D eigenvalue weighted by atomic mass is 16.1. The molecule has 0 radical (unpaired) electrons. The van der Waals surface area contributed by atoms with Crippen LogP contribution in [0.5, 0.6) is 0 Å². The predicted octanol–water partition coefficient (Wildman–Crippen LogP) is 0.237. The maximum Gasteiger partial charge on any atom is 0.220 e. The third-order valence-corrected chi connectivity index (χ3v) is 2.58. The molecule has 1 fully saturated rings. The molecule has 11 heavy (non-hydrogen) atoms. The van der Waals surface area contributed by atoms with Crippen LogP contribution in [0, 0.1) is 11.8 Å². The molecule has 64 valence electrons. The number of hydrogen-bond donors (Lipinski definition) is 2. The molecule has 0 heterocycles. The summed E-state index contributed by atoms with van der Waals surface area (Å²) in [6, 6.07) is 0. The summed E-state index contributed by atoms with van der Waals surface area (Å²) in [4.78, 5) is 10.7. The van der Waals surface area contributed by atoms with Crippen LogP contribution in [0.1, 0.15) is 25.7 Å². The summed E-state index contributed by atoms with van der Waals surface area (Å²) >= 11 is 0. The molecule has 1 saturated carbocycles. The standard InChI is InChI=1S/C8H16N2O/c9-5-6-1-3-7(4-2-6)8(10)11/h6-7H,1-5,9H2,(H2,10,11)/t6-,7+. The first-order valence-electron chi connectivity index (χ1n) is 4.23. The number of carbonyl (C=O) groups excluding carboxylic acids is 1. The molecule has 0 aromatic heterocycles. The number of carbonyl (C=O) groups is 1. The smallest absolute Gasteiger partial charge is 0.220 e. The van der Waals surface area contributed by atoms with E-state index in [0.717, 1.165) is 32.2 Å². The molecule has 0 unspecified atom stereocenters. The predicted molar refractivity (Wildman–Crippen MR) is 43.7 cm³/mol. The summed E-state index contributed by atoms with van der Waals surface area (Å²) in [7, 11) is 0. The molecule has 3 heteroatoms. The van der Waals surface area contributed by atoms with Crippen molar-refractivity contribution >= 4 is 5.91 Å². The minimum Gasteiger partial charge on any atom is -0.369 e. The van der Waals surface area contributed by atoms with E-state index in [0.29, 0.717) is 5.92 Å². The van der Waals surface area contributed by atoms with Crippen LogP contribution in [-0.2, 0) is 4.79 Å². The van der Waals surface area contributed by atoms with Crippen molar-refractivity contribution in [2.24, 2.45) is 23.3 Å². The lowest BCUT2D eigenvalue weighted by molar-refractivity contribution is -0.122. The van der Waals surface area contributed by atoms with Crippen molar-refractivity contribution in [3.63, 3.8) is 0 Å². The largest absolute Gasteiger partial charge is 0.369 e. The number of nitrogens with two attached hydrogens (primary N) is 2. The Morgan fingerprint density at radius 3 is 2.18 bits per heavy atom. The van der Waals surface area contributed by atoms with Gasteiger partial charge in [-0.2, -0.15) is 0 Å². The van der Waals surface area contributed by atoms with Gasteiger partial charge in [0.2, 0.25) is 5.91 Å². The fraction of sp³-hybridized carbons (Fsp3) is 0.875. The van der Waals surface area contributed by atoms with E-state index in [2.05, 4.69) is 0 Å². The minimum absolute atomic E-state index is 0.123. The van der Waals surface area contributed by atoms with Gasteiger partial charge in [0.1, 0.15) is 0 Å². The van der Waals surface area contributed by atoms with Gasteiger partial charge in [-0.3, -0.25) is 4.79 Å². The second-order valence-electron chi connectivity index (χ2n) is 3.36. The van der Waals surface area contributed by atoms with Gasteiger partial charge >= 0.3 is 0 Å². The average Bonchev–Trinajstić information content (AvgIpc) is 2.05. The Kier molecular flexibility index (Phi) is 2.88. The Balaban J connectivity index is 2.30. The number of amides is 1. The molecule has 1 amide bonds. The third-order valence-electron chi connectivity index (χ3n) is 2.58. The Labute approximate surface area is 67.1 Å². The van der Waals surface area contributed by atoms with Crippen LogP contribution < -0.4 is 11.5 Å². The highest BCUT2D eigenvalue weighted by Crippen LogP contribution is 2.27. The van der Waals surface area contributed by atoms with Crippen molar-refractivity contribution in [1.29, 1.82) is 0 Å². The van der Waals surface area contributed by atoms with Gasteiger partial charge in [0, 0.05) is 5.92 Å². The van der Waals surface area contributed by atoms with Gasteiger partial charge in [-0.05, 0) is 38.1 Å². The lowest BCUT2D eigenvalue weighted by Gasteiger charge is -2.25. The van der Waals surface area contributed by atoms with Crippen molar-refractivity contribution in [2.45, 2.75) is 25.7 Å². The van der Waals surface area contributed by atoms with Gasteiger partial charge in [0.25, 0.3) is 0 Å². The minimum atomic E-state index is -0.138. The van der Waals surface area contributed by atoms with Crippen LogP contribution >= 0.6 is 0 Å². The lowest BCUT2D eigenvalue weighted by atomic mass is 9.82. The van der Waals surface area contributed by atoms with Gasteiger partial charge < -0.3 is 11.5 Å². The highest BCUT2D eigenvalue weighted by molar-refractivity contribution is 5.76. The van der Waals surface area contributed by atoms with Crippen molar-refractivity contribution in [2.75, 3.05) is 6.54 Å². The lowest BCUT2D eigenvalue weighted by Crippen LogP contribution is -2.29. The summed E-state index contributed by atoms with van der Waals surface area (Å²) in [5.74, 6) is 0.615. The topological polar surface area (TPSA) is 69.1 Å². The molecule has 0 aromatic rings. The first-order chi connectivity index (χ1) is 5.24. The molecule has 1 aliphatic rings. The number of primary amides is 1. The van der Waals surface area contributed by atoms with E-state index in [1.165, 1.54) is 0 Å². The molecule has 0 aliphatic heterocycles. The second-order valence-corrected chi connectivity index (χ2v) is 3.36. The van der Waals surface area contributed by atoms with E-state index < -0.39 is 0 Å². The van der Waals surface area contributed by atoms with Crippen LogP contribution in [0.2, 0.25) is 0 Å². The fourth-order valence-electron chi connectivity index (χ4n) is 1.68. The highest BCUT2D eigenvalue weighted by Gasteiger charge is 2.23. The zero-order valence-electron chi connectivity index (χ0n) is 6.75. The third kappa shape index (κ3) is 2.19. The van der Waals surface area contributed by atoms with E-state index in [1.807, 2.05) is 0 Å². The Bertz CT molecular complexity index is 139. The zero-order valence-corrected chi connectivity index (χ0v) is 6.75. The summed E-state index contributed by atoms with van der Waals surface area (Å²) < 4.78 is 0. The molecular weight excluding hydrogens is 140 g/mol. The van der Waals surface area contributed by atoms with E-state index >= 15 is 0 Å². The van der Waals surface area contributed by atoms with Gasteiger partial charge in [-0.25, -0.2) is 0 Å². The van der Waals surface area contributed by atoms with Crippen LogP contribution in [0.3, 0.4) is 0 Å². The molecule has 1 rings (SSSR count). The molecule has 0 aromatic carbocycles. The van der Waals surface area contributed by atoms with Crippen molar-refractivity contribution in [3.8, 4) is 0 Å². The van der Waals surface area contributed by atoms with Gasteiger partial charge in [-0.1, -0.05) is 0 Å². The Hall–Kier alpha value is -0.570. The molecule has 0 saturated heterocycles. The van der Waals surface area contributed by atoms with Crippen molar-refractivity contribution in [3.05, 3.63) is 0 Å². The van der Waals surface area contributed by atoms with Crippen LogP contribution in [0.25, 0.3) is 0 Å². The monoisotopic (exact) mass is 156 g/mol. The summed E-state index contributed by atoms with van der Waals surface area (Å²) in [5, 5.41) is 0. The maximum absolute atomic E-state index is 10.7. The zero-order chi connectivity index (χ0) is 8.27. The van der Waals surface area contributed by atoms with Crippen LogP contribution in [0.4, 0.5) is 0 Å². The molecule has 4 N–H and O–H groups in total. The second kappa shape index (κ2) is 3.72. The Morgan fingerprint density at radius 1 is 1.27 bits per heavy atom. The fourth-order valence-corrected chi connectivity index (χ4v) is 1.68. The summed E-state index contributed by atoms with van der Waals surface area (Å²) in [6.07, 6.45) is 4.03. The Morgan fingerprint density at radius 2 is 1.82 bits per heavy atom. The van der Waals surface area contributed by atoms with E-state index in [9.17, 15) is 4.79 Å². The molecule has 0 spiro atoms.